The Kier molecular flexibility index (Phi) is 3.09. The molecule has 1 fully saturated rings. The van der Waals surface area contributed by atoms with Crippen molar-refractivity contribution in [1.82, 2.24) is 4.90 Å². The van der Waals surface area contributed by atoms with Gasteiger partial charge in [-0.1, -0.05) is 0 Å². The lowest BCUT2D eigenvalue weighted by Gasteiger charge is -2.21. The van der Waals surface area contributed by atoms with E-state index >= 15 is 0 Å². The summed E-state index contributed by atoms with van der Waals surface area (Å²) in [7, 11) is 0. The van der Waals surface area contributed by atoms with Gasteiger partial charge < -0.3 is 15.1 Å². The lowest BCUT2D eigenvalue weighted by Crippen LogP contribution is -2.30. The van der Waals surface area contributed by atoms with Gasteiger partial charge in [-0.2, -0.15) is 0 Å². The monoisotopic (exact) mass is 173 g/mol. The maximum absolute atomic E-state index is 9.45. The van der Waals surface area contributed by atoms with Gasteiger partial charge in [-0.25, -0.2) is 0 Å². The van der Waals surface area contributed by atoms with Gasteiger partial charge in [0.05, 0.1) is 11.7 Å². The molecule has 1 unspecified atom stereocenters. The fourth-order valence-corrected chi connectivity index (χ4v) is 1.45. The quantitative estimate of drug-likeness (QED) is 0.641. The second-order valence-electron chi connectivity index (χ2n) is 4.31. The van der Waals surface area contributed by atoms with Crippen LogP contribution in [0.2, 0.25) is 0 Å². The predicted molar refractivity (Wildman–Crippen MR) is 48.0 cm³/mol. The van der Waals surface area contributed by atoms with Gasteiger partial charge in [-0.3, -0.25) is 0 Å². The van der Waals surface area contributed by atoms with Crippen LogP contribution >= 0.6 is 0 Å². The Morgan fingerprint density at radius 3 is 2.58 bits per heavy atom. The van der Waals surface area contributed by atoms with E-state index < -0.39 is 5.60 Å². The van der Waals surface area contributed by atoms with Crippen LogP contribution in [0.1, 0.15) is 26.7 Å². The van der Waals surface area contributed by atoms with E-state index in [0.29, 0.717) is 0 Å². The van der Waals surface area contributed by atoms with Crippen LogP contribution in [0.15, 0.2) is 0 Å². The second-order valence-corrected chi connectivity index (χ2v) is 4.31. The molecule has 1 rings (SSSR count). The molecule has 12 heavy (non-hydrogen) atoms. The molecular formula is C9H19NO2. The highest BCUT2D eigenvalue weighted by atomic mass is 16.3. The molecule has 0 radical (unpaired) electrons. The molecule has 1 aliphatic rings. The van der Waals surface area contributed by atoms with E-state index in [9.17, 15) is 10.2 Å². The highest BCUT2D eigenvalue weighted by Crippen LogP contribution is 2.13. The summed E-state index contributed by atoms with van der Waals surface area (Å²) in [4.78, 5) is 2.20. The normalized spacial score (nSPS) is 26.5. The molecule has 1 aliphatic heterocycles. The summed E-state index contributed by atoms with van der Waals surface area (Å²) in [6.45, 7) is 6.27. The zero-order valence-corrected chi connectivity index (χ0v) is 7.95. The number of β-amino-alcohol motifs (C(OH)–C–C–N with tert-alkyl or cyclic N) is 1. The zero-order chi connectivity index (χ0) is 9.19. The summed E-state index contributed by atoms with van der Waals surface area (Å²) in [5.74, 6) is 0. The molecule has 3 heteroatoms. The van der Waals surface area contributed by atoms with Gasteiger partial charge in [0.1, 0.15) is 0 Å². The van der Waals surface area contributed by atoms with Gasteiger partial charge in [0.25, 0.3) is 0 Å². The van der Waals surface area contributed by atoms with E-state index in [-0.39, 0.29) is 6.10 Å². The average molecular weight is 173 g/mol. The van der Waals surface area contributed by atoms with Crippen LogP contribution in [-0.2, 0) is 0 Å². The maximum Gasteiger partial charge on any atom is 0.0679 e. The Bertz CT molecular complexity index is 142. The van der Waals surface area contributed by atoms with Crippen molar-refractivity contribution in [1.29, 1.82) is 0 Å². The van der Waals surface area contributed by atoms with Crippen LogP contribution in [0, 0.1) is 0 Å². The molecule has 0 saturated carbocycles. The fraction of sp³-hybridized carbons (Fsp3) is 1.00. The fourth-order valence-electron chi connectivity index (χ4n) is 1.45. The zero-order valence-electron chi connectivity index (χ0n) is 7.95. The van der Waals surface area contributed by atoms with Crippen LogP contribution in [0.25, 0.3) is 0 Å². The van der Waals surface area contributed by atoms with E-state index in [0.717, 1.165) is 32.5 Å². The van der Waals surface area contributed by atoms with Gasteiger partial charge in [0, 0.05) is 19.6 Å². The molecule has 2 N–H and O–H groups in total. The molecule has 0 aliphatic carbocycles. The maximum atomic E-state index is 9.45. The lowest BCUT2D eigenvalue weighted by atomic mass is 10.1. The van der Waals surface area contributed by atoms with Crippen molar-refractivity contribution in [3.05, 3.63) is 0 Å². The van der Waals surface area contributed by atoms with Gasteiger partial charge in [0.15, 0.2) is 0 Å². The molecule has 1 saturated heterocycles. The smallest absolute Gasteiger partial charge is 0.0679 e. The number of rotatable bonds is 3. The third-order valence-electron chi connectivity index (χ3n) is 2.29. The summed E-state index contributed by atoms with van der Waals surface area (Å²) >= 11 is 0. The number of likely N-dealkylation sites (tertiary alicyclic amines) is 1. The van der Waals surface area contributed by atoms with Crippen LogP contribution < -0.4 is 0 Å². The summed E-state index contributed by atoms with van der Waals surface area (Å²) in [5.41, 5.74) is -0.576. The van der Waals surface area contributed by atoms with Crippen LogP contribution in [0.5, 0.6) is 0 Å². The largest absolute Gasteiger partial charge is 0.392 e. The van der Waals surface area contributed by atoms with Gasteiger partial charge in [-0.15, -0.1) is 0 Å². The Morgan fingerprint density at radius 1 is 1.50 bits per heavy atom. The van der Waals surface area contributed by atoms with Crippen LogP contribution in [0.3, 0.4) is 0 Å². The summed E-state index contributed by atoms with van der Waals surface area (Å²) < 4.78 is 0. The van der Waals surface area contributed by atoms with Crippen molar-refractivity contribution in [2.75, 3.05) is 19.6 Å². The van der Waals surface area contributed by atoms with Gasteiger partial charge in [0.2, 0.25) is 0 Å². The molecule has 3 nitrogen and oxygen atoms in total. The molecule has 0 amide bonds. The lowest BCUT2D eigenvalue weighted by molar-refractivity contribution is 0.0586. The number of aliphatic hydroxyl groups excluding tert-OH is 1. The first-order valence-corrected chi connectivity index (χ1v) is 4.60. The van der Waals surface area contributed by atoms with Gasteiger partial charge in [-0.05, 0) is 26.7 Å². The topological polar surface area (TPSA) is 43.7 Å². The molecule has 0 aromatic carbocycles. The first-order valence-electron chi connectivity index (χ1n) is 4.60. The third-order valence-corrected chi connectivity index (χ3v) is 2.29. The van der Waals surface area contributed by atoms with E-state index in [4.69, 9.17) is 0 Å². The van der Waals surface area contributed by atoms with E-state index in [1.807, 2.05) is 13.8 Å². The highest BCUT2D eigenvalue weighted by molar-refractivity contribution is 4.76. The molecule has 72 valence electrons. The van der Waals surface area contributed by atoms with E-state index in [1.54, 1.807) is 0 Å². The Morgan fingerprint density at radius 2 is 2.17 bits per heavy atom. The molecular weight excluding hydrogens is 154 g/mol. The van der Waals surface area contributed by atoms with Crippen molar-refractivity contribution in [2.45, 2.75) is 38.4 Å². The first kappa shape index (κ1) is 9.96. The van der Waals surface area contributed by atoms with Gasteiger partial charge >= 0.3 is 0 Å². The summed E-state index contributed by atoms with van der Waals surface area (Å²) in [6, 6.07) is 0. The van der Waals surface area contributed by atoms with Crippen molar-refractivity contribution in [2.24, 2.45) is 0 Å². The molecule has 1 heterocycles. The first-order chi connectivity index (χ1) is 5.47. The van der Waals surface area contributed by atoms with Crippen molar-refractivity contribution < 1.29 is 10.2 Å². The second kappa shape index (κ2) is 3.73. The Labute approximate surface area is 74.0 Å². The van der Waals surface area contributed by atoms with Crippen LogP contribution in [-0.4, -0.2) is 46.5 Å². The standard InChI is InChI=1S/C9H19NO2/c1-9(2,12)4-6-10-5-3-8(11)7-10/h8,11-12H,3-7H2,1-2H3. The Hall–Kier alpha value is -0.120. The minimum Gasteiger partial charge on any atom is -0.392 e. The molecule has 0 aromatic rings. The molecule has 1 atom stereocenters. The summed E-state index contributed by atoms with van der Waals surface area (Å²) in [6.07, 6.45) is 1.51. The molecule has 0 spiro atoms. The number of aliphatic hydroxyl groups is 2. The minimum absolute atomic E-state index is 0.146. The number of hydrogen-bond donors (Lipinski definition) is 2. The van der Waals surface area contributed by atoms with Crippen molar-refractivity contribution in [3.8, 4) is 0 Å². The number of nitrogens with zero attached hydrogens (tertiary/aromatic N) is 1. The highest BCUT2D eigenvalue weighted by Gasteiger charge is 2.22. The van der Waals surface area contributed by atoms with E-state index in [2.05, 4.69) is 4.90 Å². The Balaban J connectivity index is 2.16. The van der Waals surface area contributed by atoms with Crippen LogP contribution in [0.4, 0.5) is 0 Å². The SMILES string of the molecule is CC(C)(O)CCN1CCC(O)C1. The average Bonchev–Trinajstić information content (AvgIpc) is 2.30. The molecule has 0 bridgehead atoms. The van der Waals surface area contributed by atoms with Crippen molar-refractivity contribution in [3.63, 3.8) is 0 Å². The third kappa shape index (κ3) is 3.52. The predicted octanol–water partition coefficient (Wildman–Crippen LogP) is 0.214. The van der Waals surface area contributed by atoms with E-state index in [1.165, 1.54) is 0 Å². The minimum atomic E-state index is -0.576. The van der Waals surface area contributed by atoms with Crippen molar-refractivity contribution >= 4 is 0 Å². The molecule has 0 aromatic heterocycles. The summed E-state index contributed by atoms with van der Waals surface area (Å²) in [5, 5.41) is 18.7. The number of hydrogen-bond acceptors (Lipinski definition) is 3.